The van der Waals surface area contributed by atoms with Crippen LogP contribution in [0.1, 0.15) is 48.8 Å². The third kappa shape index (κ3) is 3.25. The van der Waals surface area contributed by atoms with E-state index in [0.717, 1.165) is 29.7 Å². The third-order valence-corrected chi connectivity index (χ3v) is 6.22. The molecule has 0 aliphatic carbocycles. The minimum atomic E-state index is -0.241. The SMILES string of the molecule is Cc1cc(C)c(N2CC(C(=O)NC3CC4CCC(C3)N4)CC2=O)c(C)c1. The van der Waals surface area contributed by atoms with Crippen LogP contribution in [-0.4, -0.2) is 36.5 Å². The zero-order valence-electron chi connectivity index (χ0n) is 16.0. The molecular formula is C21H29N3O2. The van der Waals surface area contributed by atoms with Crippen LogP contribution in [0, 0.1) is 26.7 Å². The van der Waals surface area contributed by atoms with Crippen molar-refractivity contribution < 1.29 is 9.59 Å². The van der Waals surface area contributed by atoms with Crippen molar-refractivity contribution in [2.24, 2.45) is 5.92 Å². The first-order valence-electron chi connectivity index (χ1n) is 9.85. The average molecular weight is 355 g/mol. The lowest BCUT2D eigenvalue weighted by Crippen LogP contribution is -2.49. The van der Waals surface area contributed by atoms with Crippen LogP contribution >= 0.6 is 0 Å². The van der Waals surface area contributed by atoms with Gasteiger partial charge in [-0.25, -0.2) is 0 Å². The van der Waals surface area contributed by atoms with Crippen LogP contribution in [0.3, 0.4) is 0 Å². The number of carbonyl (C=O) groups excluding carboxylic acids is 2. The molecule has 4 rings (SSSR count). The number of anilines is 1. The zero-order chi connectivity index (χ0) is 18.4. The van der Waals surface area contributed by atoms with Gasteiger partial charge in [0.2, 0.25) is 11.8 Å². The summed E-state index contributed by atoms with van der Waals surface area (Å²) in [6.45, 7) is 6.65. The van der Waals surface area contributed by atoms with Gasteiger partial charge in [-0.15, -0.1) is 0 Å². The van der Waals surface area contributed by atoms with Gasteiger partial charge in [0.15, 0.2) is 0 Å². The van der Waals surface area contributed by atoms with Gasteiger partial charge < -0.3 is 15.5 Å². The maximum Gasteiger partial charge on any atom is 0.227 e. The number of fused-ring (bicyclic) bond motifs is 2. The first-order chi connectivity index (χ1) is 12.4. The van der Waals surface area contributed by atoms with Crippen molar-refractivity contribution in [3.8, 4) is 0 Å². The molecule has 3 unspecified atom stereocenters. The molecular weight excluding hydrogens is 326 g/mol. The second-order valence-corrected chi connectivity index (χ2v) is 8.47. The fourth-order valence-corrected chi connectivity index (χ4v) is 5.19. The van der Waals surface area contributed by atoms with Gasteiger partial charge in [0, 0.05) is 36.8 Å². The van der Waals surface area contributed by atoms with Crippen LogP contribution in [0.2, 0.25) is 0 Å². The summed E-state index contributed by atoms with van der Waals surface area (Å²) in [5.41, 5.74) is 4.39. The fraction of sp³-hybridized carbons (Fsp3) is 0.619. The number of rotatable bonds is 3. The molecule has 26 heavy (non-hydrogen) atoms. The van der Waals surface area contributed by atoms with Crippen molar-refractivity contribution in [2.45, 2.75) is 71.0 Å². The molecule has 5 heteroatoms. The molecule has 0 aromatic heterocycles. The van der Waals surface area contributed by atoms with E-state index in [1.807, 2.05) is 18.7 Å². The highest BCUT2D eigenvalue weighted by Crippen LogP contribution is 2.32. The van der Waals surface area contributed by atoms with Crippen LogP contribution in [0.4, 0.5) is 5.69 Å². The maximum absolute atomic E-state index is 12.8. The molecule has 1 aromatic rings. The number of benzene rings is 1. The van der Waals surface area contributed by atoms with Gasteiger partial charge in [-0.2, -0.15) is 0 Å². The van der Waals surface area contributed by atoms with Crippen LogP contribution in [0.5, 0.6) is 0 Å². The van der Waals surface area contributed by atoms with Crippen molar-refractivity contribution in [3.05, 3.63) is 28.8 Å². The van der Waals surface area contributed by atoms with E-state index in [1.54, 1.807) is 0 Å². The molecule has 0 saturated carbocycles. The summed E-state index contributed by atoms with van der Waals surface area (Å²) in [5.74, 6) is -0.129. The molecule has 1 aromatic carbocycles. The molecule has 2 amide bonds. The number of piperidine rings is 1. The maximum atomic E-state index is 12.8. The highest BCUT2D eigenvalue weighted by molar-refractivity contribution is 6.01. The third-order valence-electron chi connectivity index (χ3n) is 6.22. The molecule has 3 aliphatic rings. The van der Waals surface area contributed by atoms with Crippen molar-refractivity contribution in [2.75, 3.05) is 11.4 Å². The van der Waals surface area contributed by atoms with Gasteiger partial charge >= 0.3 is 0 Å². The van der Waals surface area contributed by atoms with Crippen molar-refractivity contribution >= 4 is 17.5 Å². The van der Waals surface area contributed by atoms with Crippen molar-refractivity contribution in [3.63, 3.8) is 0 Å². The van der Waals surface area contributed by atoms with Gasteiger partial charge in [-0.3, -0.25) is 9.59 Å². The summed E-state index contributed by atoms with van der Waals surface area (Å²) < 4.78 is 0. The van der Waals surface area contributed by atoms with E-state index < -0.39 is 0 Å². The lowest BCUT2D eigenvalue weighted by Gasteiger charge is -2.30. The summed E-state index contributed by atoms with van der Waals surface area (Å²) in [6.07, 6.45) is 4.79. The van der Waals surface area contributed by atoms with Gasteiger partial charge in [0.25, 0.3) is 0 Å². The number of hydrogen-bond donors (Lipinski definition) is 2. The van der Waals surface area contributed by atoms with Crippen molar-refractivity contribution in [1.82, 2.24) is 10.6 Å². The second kappa shape index (κ2) is 6.69. The predicted octanol–water partition coefficient (Wildman–Crippen LogP) is 2.36. The first-order valence-corrected chi connectivity index (χ1v) is 9.85. The van der Waals surface area contributed by atoms with E-state index in [-0.39, 0.29) is 23.8 Å². The molecule has 2 N–H and O–H groups in total. The Morgan fingerprint density at radius 3 is 2.35 bits per heavy atom. The Bertz CT molecular complexity index is 710. The quantitative estimate of drug-likeness (QED) is 0.875. The Morgan fingerprint density at radius 1 is 1.12 bits per heavy atom. The standard InChI is InChI=1S/C21H29N3O2/c1-12-6-13(2)20(14(3)7-12)24-11-15(8-19(24)25)21(26)23-18-9-16-4-5-17(10-18)22-16/h6-7,15-18,22H,4-5,8-11H2,1-3H3,(H,23,26). The molecule has 3 fully saturated rings. The summed E-state index contributed by atoms with van der Waals surface area (Å²) in [4.78, 5) is 27.2. The molecule has 3 saturated heterocycles. The Balaban J connectivity index is 1.44. The summed E-state index contributed by atoms with van der Waals surface area (Å²) in [5, 5.41) is 6.84. The number of hydrogen-bond acceptors (Lipinski definition) is 3. The van der Waals surface area contributed by atoms with Crippen LogP contribution in [0.15, 0.2) is 12.1 Å². The minimum Gasteiger partial charge on any atom is -0.353 e. The molecule has 140 valence electrons. The topological polar surface area (TPSA) is 61.4 Å². The van der Waals surface area contributed by atoms with Crippen LogP contribution in [0.25, 0.3) is 0 Å². The Hall–Kier alpha value is -1.88. The van der Waals surface area contributed by atoms with E-state index >= 15 is 0 Å². The number of carbonyl (C=O) groups is 2. The average Bonchev–Trinajstić information content (AvgIpc) is 3.09. The van der Waals surface area contributed by atoms with E-state index in [9.17, 15) is 9.59 Å². The second-order valence-electron chi connectivity index (χ2n) is 8.47. The monoisotopic (exact) mass is 355 g/mol. The highest BCUT2D eigenvalue weighted by atomic mass is 16.2. The Morgan fingerprint density at radius 2 is 1.73 bits per heavy atom. The number of amides is 2. The van der Waals surface area contributed by atoms with Crippen LogP contribution < -0.4 is 15.5 Å². The summed E-state index contributed by atoms with van der Waals surface area (Å²) in [7, 11) is 0. The van der Waals surface area contributed by atoms with Gasteiger partial charge in [0.05, 0.1) is 5.92 Å². The minimum absolute atomic E-state index is 0.0505. The summed E-state index contributed by atoms with van der Waals surface area (Å²) in [6, 6.07) is 5.58. The van der Waals surface area contributed by atoms with Crippen molar-refractivity contribution in [1.29, 1.82) is 0 Å². The molecule has 3 heterocycles. The molecule has 2 bridgehead atoms. The van der Waals surface area contributed by atoms with Gasteiger partial charge in [-0.05, 0) is 57.6 Å². The lowest BCUT2D eigenvalue weighted by molar-refractivity contribution is -0.127. The number of nitrogens with one attached hydrogen (secondary N) is 2. The highest BCUT2D eigenvalue weighted by Gasteiger charge is 2.39. The fourth-order valence-electron chi connectivity index (χ4n) is 5.19. The van der Waals surface area contributed by atoms with Crippen LogP contribution in [-0.2, 0) is 9.59 Å². The van der Waals surface area contributed by atoms with Gasteiger partial charge in [0.1, 0.15) is 0 Å². The van der Waals surface area contributed by atoms with Gasteiger partial charge in [-0.1, -0.05) is 17.7 Å². The molecule has 5 nitrogen and oxygen atoms in total. The number of aryl methyl sites for hydroxylation is 3. The van der Waals surface area contributed by atoms with E-state index in [4.69, 9.17) is 0 Å². The first kappa shape index (κ1) is 17.5. The molecule has 0 radical (unpaired) electrons. The lowest BCUT2D eigenvalue weighted by atomic mass is 9.98. The smallest absolute Gasteiger partial charge is 0.227 e. The van der Waals surface area contributed by atoms with E-state index in [0.29, 0.717) is 25.0 Å². The summed E-state index contributed by atoms with van der Waals surface area (Å²) >= 11 is 0. The van der Waals surface area contributed by atoms with E-state index in [1.165, 1.54) is 18.4 Å². The largest absolute Gasteiger partial charge is 0.353 e. The Labute approximate surface area is 155 Å². The molecule has 3 atom stereocenters. The van der Waals surface area contributed by atoms with E-state index in [2.05, 4.69) is 29.7 Å². The molecule has 3 aliphatic heterocycles. The number of nitrogens with zero attached hydrogens (tertiary/aromatic N) is 1. The normalized spacial score (nSPS) is 30.7. The Kier molecular flexibility index (Phi) is 4.51. The zero-order valence-corrected chi connectivity index (χ0v) is 16.0. The molecule has 0 spiro atoms. The predicted molar refractivity (Wildman–Crippen MR) is 102 cm³/mol.